The van der Waals surface area contributed by atoms with E-state index in [4.69, 9.17) is 0 Å². The van der Waals surface area contributed by atoms with Crippen LogP contribution in [0.25, 0.3) is 16.7 Å². The molecule has 9 rings (SSSR count). The summed E-state index contributed by atoms with van der Waals surface area (Å²) in [5.74, 6) is 0. The van der Waals surface area contributed by atoms with E-state index in [0.717, 1.165) is 24.9 Å². The molecule has 4 atom stereocenters. The van der Waals surface area contributed by atoms with Crippen LogP contribution in [0.2, 0.25) is 0 Å². The van der Waals surface area contributed by atoms with Crippen LogP contribution in [0.3, 0.4) is 0 Å². The Morgan fingerprint density at radius 2 is 1.23 bits per heavy atom. The predicted octanol–water partition coefficient (Wildman–Crippen LogP) is 9.99. The van der Waals surface area contributed by atoms with Crippen LogP contribution in [-0.4, -0.2) is 23.2 Å². The quantitative estimate of drug-likeness (QED) is 0.182. The molecule has 6 aromatic rings. The second-order valence-corrected chi connectivity index (χ2v) is 18.5. The molecule has 248 valence electrons. The zero-order valence-corrected chi connectivity index (χ0v) is 30.2. The van der Waals surface area contributed by atoms with Crippen molar-refractivity contribution in [2.24, 2.45) is 0 Å². The van der Waals surface area contributed by atoms with E-state index in [1.54, 1.807) is 22.3 Å². The molecule has 0 amide bonds. The van der Waals surface area contributed by atoms with Crippen LogP contribution in [0.4, 0.5) is 0 Å². The lowest BCUT2D eigenvalue weighted by atomic mass is 9.67. The first-order valence-electron chi connectivity index (χ1n) is 18.2. The zero-order valence-electron chi connectivity index (χ0n) is 30.2. The molecule has 0 unspecified atom stereocenters. The van der Waals surface area contributed by atoms with E-state index in [-0.39, 0.29) is 32.5 Å². The molecule has 5 heteroatoms. The van der Waals surface area contributed by atoms with Gasteiger partial charge >= 0.3 is 0 Å². The lowest BCUT2D eigenvalue weighted by molar-refractivity contribution is 0.253. The van der Waals surface area contributed by atoms with E-state index in [1.165, 1.54) is 48.0 Å². The van der Waals surface area contributed by atoms with Crippen molar-refractivity contribution in [3.63, 3.8) is 0 Å². The Labute approximate surface area is 285 Å². The molecule has 6 heterocycles. The van der Waals surface area contributed by atoms with Gasteiger partial charge in [0.05, 0.1) is 18.0 Å². The first-order valence-corrected chi connectivity index (χ1v) is 18.2. The van der Waals surface area contributed by atoms with Crippen LogP contribution in [0.5, 0.6) is 0 Å². The van der Waals surface area contributed by atoms with Crippen molar-refractivity contribution in [1.29, 1.82) is 0 Å². The van der Waals surface area contributed by atoms with E-state index >= 15 is 0 Å². The van der Waals surface area contributed by atoms with Gasteiger partial charge in [0, 0.05) is 47.6 Å². The first kappa shape index (κ1) is 30.2. The fraction of sp³-hybridized carbons (Fsp3) is 0.488. The number of pyridine rings is 3. The average molecular weight is 638 g/mol. The molecule has 0 aliphatic heterocycles. The summed E-state index contributed by atoms with van der Waals surface area (Å²) in [6.07, 6.45) is 23.2. The fourth-order valence-corrected chi connectivity index (χ4v) is 11.9. The third-order valence-corrected chi connectivity index (χ3v) is 13.6. The van der Waals surface area contributed by atoms with Gasteiger partial charge in [-0.3, -0.25) is 0 Å². The van der Waals surface area contributed by atoms with E-state index in [1.807, 2.05) is 12.5 Å². The van der Waals surface area contributed by atoms with E-state index in [9.17, 15) is 0 Å². The zero-order chi connectivity index (χ0) is 33.5. The third kappa shape index (κ3) is 4.02. The SMILES string of the molecule is CC1(C)C[C@@](C)(CC[C@]2(C)C[C@@](C)(CC[C@]3(C)CC(C)(C)c4c3ccc3nccn43)c3c2ccn2cncc32)c2c1ccn1cccc21. The maximum Gasteiger partial charge on any atom is 0.136 e. The summed E-state index contributed by atoms with van der Waals surface area (Å²) in [6.45, 7) is 20.0. The van der Waals surface area contributed by atoms with Gasteiger partial charge in [-0.2, -0.15) is 0 Å². The van der Waals surface area contributed by atoms with Gasteiger partial charge in [-0.15, -0.1) is 0 Å². The highest BCUT2D eigenvalue weighted by molar-refractivity contribution is 5.67. The van der Waals surface area contributed by atoms with E-state index in [2.05, 4.69) is 146 Å². The molecule has 6 aromatic heterocycles. The highest BCUT2D eigenvalue weighted by atomic mass is 15.0. The van der Waals surface area contributed by atoms with Crippen molar-refractivity contribution >= 4 is 16.7 Å². The summed E-state index contributed by atoms with van der Waals surface area (Å²) in [5.41, 5.74) is 13.6. The molecule has 0 radical (unpaired) electrons. The van der Waals surface area contributed by atoms with Gasteiger partial charge in [0.25, 0.3) is 0 Å². The second kappa shape index (κ2) is 9.43. The van der Waals surface area contributed by atoms with Crippen LogP contribution < -0.4 is 0 Å². The van der Waals surface area contributed by atoms with Crippen molar-refractivity contribution in [3.05, 3.63) is 113 Å². The number of hydrogen-bond donors (Lipinski definition) is 0. The maximum atomic E-state index is 4.65. The molecular weight excluding hydrogens is 587 g/mol. The number of hydrogen-bond acceptors (Lipinski definition) is 2. The Morgan fingerprint density at radius 3 is 2.02 bits per heavy atom. The fourth-order valence-electron chi connectivity index (χ4n) is 11.9. The van der Waals surface area contributed by atoms with Crippen LogP contribution >= 0.6 is 0 Å². The molecule has 0 fully saturated rings. The molecule has 0 saturated heterocycles. The Bertz CT molecular complexity index is 2260. The third-order valence-electron chi connectivity index (χ3n) is 13.6. The van der Waals surface area contributed by atoms with Gasteiger partial charge in [0.1, 0.15) is 5.65 Å². The molecule has 0 bridgehead atoms. The minimum Gasteiger partial charge on any atom is -0.324 e. The van der Waals surface area contributed by atoms with Crippen LogP contribution in [0, 0.1) is 0 Å². The molecule has 0 N–H and O–H groups in total. The van der Waals surface area contributed by atoms with Crippen molar-refractivity contribution in [2.75, 3.05) is 0 Å². The molecule has 3 aliphatic carbocycles. The average Bonchev–Trinajstić information content (AvgIpc) is 3.86. The number of imidazole rings is 2. The van der Waals surface area contributed by atoms with Crippen LogP contribution in [0.15, 0.2) is 79.9 Å². The van der Waals surface area contributed by atoms with Crippen molar-refractivity contribution in [1.82, 2.24) is 23.2 Å². The Hall–Kier alpha value is -3.86. The standard InChI is InChI=1S/C43H51N5/c1-38(2)25-42(7,35-29(38)13-21-46-20-9-10-32(35)46)17-16-41(6)27-43(8,36-30(41)14-22-47-28-44-24-33(36)47)18-15-40(5)26-39(3,4)37-31(40)11-12-34-45-19-23-48(34)37/h9-14,19-24,28H,15-18,25-27H2,1-8H3/t40-,41-,42-,43-/m1/s1. The topological polar surface area (TPSA) is 39.0 Å². The first-order chi connectivity index (χ1) is 22.7. The van der Waals surface area contributed by atoms with Gasteiger partial charge < -0.3 is 13.2 Å². The largest absolute Gasteiger partial charge is 0.324 e. The molecule has 3 aliphatic rings. The van der Waals surface area contributed by atoms with Gasteiger partial charge in [-0.05, 0) is 130 Å². The molecule has 0 spiro atoms. The van der Waals surface area contributed by atoms with Crippen LogP contribution in [0.1, 0.15) is 134 Å². The molecule has 48 heavy (non-hydrogen) atoms. The second-order valence-electron chi connectivity index (χ2n) is 18.5. The summed E-state index contributed by atoms with van der Waals surface area (Å²) >= 11 is 0. The van der Waals surface area contributed by atoms with Gasteiger partial charge in [-0.1, -0.05) is 61.5 Å². The van der Waals surface area contributed by atoms with Crippen molar-refractivity contribution in [2.45, 2.75) is 133 Å². The van der Waals surface area contributed by atoms with Crippen molar-refractivity contribution in [3.8, 4) is 0 Å². The highest BCUT2D eigenvalue weighted by Crippen LogP contribution is 2.60. The summed E-state index contributed by atoms with van der Waals surface area (Å²) in [4.78, 5) is 9.28. The number of rotatable bonds is 6. The lowest BCUT2D eigenvalue weighted by Gasteiger charge is -2.36. The molecule has 0 aromatic carbocycles. The summed E-state index contributed by atoms with van der Waals surface area (Å²) in [7, 11) is 0. The minimum atomic E-state index is 0.0597. The Kier molecular flexibility index (Phi) is 5.94. The van der Waals surface area contributed by atoms with Gasteiger partial charge in [-0.25, -0.2) is 9.97 Å². The highest BCUT2D eigenvalue weighted by Gasteiger charge is 2.53. The van der Waals surface area contributed by atoms with Gasteiger partial charge in [0.15, 0.2) is 0 Å². The molecule has 5 nitrogen and oxygen atoms in total. The summed E-state index contributed by atoms with van der Waals surface area (Å²) < 4.78 is 6.94. The molecular formula is C43H51N5. The van der Waals surface area contributed by atoms with E-state index < -0.39 is 0 Å². The summed E-state index contributed by atoms with van der Waals surface area (Å²) in [5, 5.41) is 0. The van der Waals surface area contributed by atoms with Crippen molar-refractivity contribution < 1.29 is 0 Å². The molecule has 0 saturated carbocycles. The Balaban J connectivity index is 1.07. The van der Waals surface area contributed by atoms with Crippen LogP contribution in [-0.2, 0) is 32.5 Å². The minimum absolute atomic E-state index is 0.0597. The smallest absolute Gasteiger partial charge is 0.136 e. The number of fused-ring (bicyclic) bond motifs is 9. The Morgan fingerprint density at radius 1 is 0.583 bits per heavy atom. The predicted molar refractivity (Wildman–Crippen MR) is 196 cm³/mol. The maximum absolute atomic E-state index is 4.65. The number of nitrogens with zero attached hydrogens (tertiary/aromatic N) is 5. The lowest BCUT2D eigenvalue weighted by Crippen LogP contribution is -2.30. The van der Waals surface area contributed by atoms with Gasteiger partial charge in [0.2, 0.25) is 0 Å². The normalized spacial score (nSPS) is 30.0. The summed E-state index contributed by atoms with van der Waals surface area (Å²) in [6, 6.07) is 14.0. The van der Waals surface area contributed by atoms with E-state index in [0.29, 0.717) is 0 Å². The number of aromatic nitrogens is 5. The monoisotopic (exact) mass is 637 g/mol.